The summed E-state index contributed by atoms with van der Waals surface area (Å²) in [4.78, 5) is 17.1. The van der Waals surface area contributed by atoms with Crippen LogP contribution in [0.3, 0.4) is 0 Å². The fourth-order valence-corrected chi connectivity index (χ4v) is 3.81. The highest BCUT2D eigenvalue weighted by Gasteiger charge is 2.15. The monoisotopic (exact) mass is 393 g/mol. The van der Waals surface area contributed by atoms with E-state index in [1.165, 1.54) is 0 Å². The van der Waals surface area contributed by atoms with E-state index in [1.807, 2.05) is 41.9 Å². The largest absolute Gasteiger partial charge is 0.351 e. The topological polar surface area (TPSA) is 83.6 Å². The van der Waals surface area contributed by atoms with Crippen LogP contribution in [0.5, 0.6) is 0 Å². The lowest BCUT2D eigenvalue weighted by Crippen LogP contribution is -2.26. The van der Waals surface area contributed by atoms with Crippen LogP contribution in [0.4, 0.5) is 0 Å². The first-order valence-corrected chi connectivity index (χ1v) is 10.4. The summed E-state index contributed by atoms with van der Waals surface area (Å²) in [5, 5.41) is 17.3. The van der Waals surface area contributed by atoms with Crippen LogP contribution >= 0.6 is 11.8 Å². The second-order valence-corrected chi connectivity index (χ2v) is 7.90. The Morgan fingerprint density at radius 1 is 1.36 bits per heavy atom. The Kier molecular flexibility index (Phi) is 6.32. The van der Waals surface area contributed by atoms with Gasteiger partial charge in [0, 0.05) is 29.5 Å². The van der Waals surface area contributed by atoms with Crippen molar-refractivity contribution in [1.29, 1.82) is 5.26 Å². The molecule has 0 aliphatic heterocycles. The quantitative estimate of drug-likeness (QED) is 0.616. The molecule has 0 bridgehead atoms. The number of nitrogens with zero attached hydrogens (tertiary/aromatic N) is 4. The van der Waals surface area contributed by atoms with Crippen LogP contribution in [-0.4, -0.2) is 33.0 Å². The van der Waals surface area contributed by atoms with E-state index in [4.69, 9.17) is 5.26 Å². The Hall–Kier alpha value is -2.85. The second-order valence-electron chi connectivity index (χ2n) is 6.79. The van der Waals surface area contributed by atoms with E-state index in [-0.39, 0.29) is 11.9 Å². The van der Waals surface area contributed by atoms with Crippen molar-refractivity contribution in [2.24, 2.45) is 0 Å². The van der Waals surface area contributed by atoms with Crippen molar-refractivity contribution in [3.8, 4) is 6.07 Å². The molecule has 3 rings (SSSR count). The molecule has 0 unspecified atom stereocenters. The molecule has 1 N–H and O–H groups in total. The van der Waals surface area contributed by atoms with Crippen LogP contribution in [0.15, 0.2) is 36.5 Å². The summed E-state index contributed by atoms with van der Waals surface area (Å²) < 4.78 is 1.86. The summed E-state index contributed by atoms with van der Waals surface area (Å²) in [6, 6.07) is 11.9. The van der Waals surface area contributed by atoms with Gasteiger partial charge in [-0.05, 0) is 38.5 Å². The number of amides is 1. The molecule has 28 heavy (non-hydrogen) atoms. The normalized spacial score (nSPS) is 11.0. The predicted octanol–water partition coefficient (Wildman–Crippen LogP) is 3.86. The number of thioether (sulfide) groups is 1. The van der Waals surface area contributed by atoms with E-state index >= 15 is 0 Å². The van der Waals surface area contributed by atoms with Crippen molar-refractivity contribution >= 4 is 28.7 Å². The van der Waals surface area contributed by atoms with Crippen molar-refractivity contribution in [1.82, 2.24) is 20.1 Å². The van der Waals surface area contributed by atoms with Gasteiger partial charge in [0.15, 0.2) is 5.65 Å². The number of pyridine rings is 1. The standard InChI is InChI=1S/C21H23N5OS/c1-14(2)26-20-18(12-24-26)10-19(15(3)25-20)21(27)23-8-9-28-13-17-7-5-4-6-16(17)11-22/h4-7,10,12,14H,8-9,13H2,1-3H3,(H,23,27). The zero-order valence-electron chi connectivity index (χ0n) is 16.3. The number of benzene rings is 1. The number of carbonyl (C=O) groups excluding carboxylic acids is 1. The predicted molar refractivity (Wildman–Crippen MR) is 112 cm³/mol. The summed E-state index contributed by atoms with van der Waals surface area (Å²) in [7, 11) is 0. The highest BCUT2D eigenvalue weighted by Crippen LogP contribution is 2.19. The van der Waals surface area contributed by atoms with Crippen molar-refractivity contribution in [3.63, 3.8) is 0 Å². The van der Waals surface area contributed by atoms with Gasteiger partial charge >= 0.3 is 0 Å². The van der Waals surface area contributed by atoms with Crippen LogP contribution in [0, 0.1) is 18.3 Å². The Labute approximate surface area is 169 Å². The average molecular weight is 394 g/mol. The van der Waals surface area contributed by atoms with Gasteiger partial charge in [-0.3, -0.25) is 4.79 Å². The summed E-state index contributed by atoms with van der Waals surface area (Å²) in [6.07, 6.45) is 1.75. The zero-order valence-corrected chi connectivity index (χ0v) is 17.1. The van der Waals surface area contributed by atoms with Gasteiger partial charge in [-0.2, -0.15) is 22.1 Å². The van der Waals surface area contributed by atoms with E-state index in [0.29, 0.717) is 23.4 Å². The molecule has 0 spiro atoms. The minimum atomic E-state index is -0.123. The number of rotatable bonds is 7. The molecule has 0 aliphatic carbocycles. The first-order valence-electron chi connectivity index (χ1n) is 9.20. The van der Waals surface area contributed by atoms with Gasteiger partial charge in [0.25, 0.3) is 5.91 Å². The lowest BCUT2D eigenvalue weighted by molar-refractivity contribution is 0.0955. The number of aryl methyl sites for hydroxylation is 1. The Balaban J connectivity index is 1.56. The fourth-order valence-electron chi connectivity index (χ4n) is 2.94. The number of hydrogen-bond acceptors (Lipinski definition) is 5. The highest BCUT2D eigenvalue weighted by molar-refractivity contribution is 7.98. The molecule has 144 valence electrons. The number of fused-ring (bicyclic) bond motifs is 1. The molecule has 2 aromatic heterocycles. The van der Waals surface area contributed by atoms with Crippen LogP contribution in [0.25, 0.3) is 11.0 Å². The highest BCUT2D eigenvalue weighted by atomic mass is 32.2. The minimum absolute atomic E-state index is 0.123. The number of aromatic nitrogens is 3. The van der Waals surface area contributed by atoms with Gasteiger partial charge < -0.3 is 5.32 Å². The third-order valence-electron chi connectivity index (χ3n) is 4.42. The fraction of sp³-hybridized carbons (Fsp3) is 0.333. The molecule has 0 saturated carbocycles. The van der Waals surface area contributed by atoms with Crippen molar-refractivity contribution in [2.45, 2.75) is 32.6 Å². The average Bonchev–Trinajstić information content (AvgIpc) is 3.10. The molecule has 3 aromatic rings. The van der Waals surface area contributed by atoms with Gasteiger partial charge in [-0.15, -0.1) is 0 Å². The Morgan fingerprint density at radius 2 is 2.14 bits per heavy atom. The third-order valence-corrected chi connectivity index (χ3v) is 5.43. The van der Waals surface area contributed by atoms with Crippen molar-refractivity contribution in [2.75, 3.05) is 12.3 Å². The molecule has 6 nitrogen and oxygen atoms in total. The van der Waals surface area contributed by atoms with E-state index < -0.39 is 0 Å². The number of nitrogens with one attached hydrogen (secondary N) is 1. The van der Waals surface area contributed by atoms with E-state index in [0.717, 1.165) is 28.1 Å². The smallest absolute Gasteiger partial charge is 0.253 e. The number of nitriles is 1. The van der Waals surface area contributed by atoms with E-state index in [9.17, 15) is 4.79 Å². The summed E-state index contributed by atoms with van der Waals surface area (Å²) in [6.45, 7) is 6.51. The minimum Gasteiger partial charge on any atom is -0.351 e. The van der Waals surface area contributed by atoms with E-state index in [1.54, 1.807) is 18.0 Å². The maximum absolute atomic E-state index is 12.6. The van der Waals surface area contributed by atoms with Gasteiger partial charge in [0.05, 0.1) is 29.1 Å². The molecule has 2 heterocycles. The lowest BCUT2D eigenvalue weighted by atomic mass is 10.1. The van der Waals surface area contributed by atoms with Crippen molar-refractivity contribution < 1.29 is 4.79 Å². The van der Waals surface area contributed by atoms with Crippen LogP contribution in [0.1, 0.15) is 47.1 Å². The number of hydrogen-bond donors (Lipinski definition) is 1. The van der Waals surface area contributed by atoms with Crippen LogP contribution in [-0.2, 0) is 5.75 Å². The first-order chi connectivity index (χ1) is 13.5. The molecular formula is C21H23N5OS. The molecule has 1 amide bonds. The molecule has 0 radical (unpaired) electrons. The maximum Gasteiger partial charge on any atom is 0.253 e. The summed E-state index contributed by atoms with van der Waals surface area (Å²) in [5.74, 6) is 1.40. The van der Waals surface area contributed by atoms with Crippen LogP contribution < -0.4 is 5.32 Å². The number of carbonyl (C=O) groups is 1. The zero-order chi connectivity index (χ0) is 20.1. The first kappa shape index (κ1) is 19.9. The molecule has 7 heteroatoms. The van der Waals surface area contributed by atoms with Gasteiger partial charge in [-0.1, -0.05) is 18.2 Å². The molecule has 1 aromatic carbocycles. The van der Waals surface area contributed by atoms with Gasteiger partial charge in [-0.25, -0.2) is 9.67 Å². The van der Waals surface area contributed by atoms with E-state index in [2.05, 4.69) is 35.3 Å². The Bertz CT molecular complexity index is 1030. The molecule has 0 saturated heterocycles. The maximum atomic E-state index is 12.6. The van der Waals surface area contributed by atoms with Crippen LogP contribution in [0.2, 0.25) is 0 Å². The lowest BCUT2D eigenvalue weighted by Gasteiger charge is -2.10. The second kappa shape index (κ2) is 8.89. The summed E-state index contributed by atoms with van der Waals surface area (Å²) in [5.41, 5.74) is 3.80. The van der Waals surface area contributed by atoms with Gasteiger partial charge in [0.1, 0.15) is 0 Å². The third kappa shape index (κ3) is 4.34. The SMILES string of the molecule is Cc1nc2c(cnn2C(C)C)cc1C(=O)NCCSCc1ccccc1C#N. The molecule has 0 aliphatic rings. The summed E-state index contributed by atoms with van der Waals surface area (Å²) >= 11 is 1.69. The molecular weight excluding hydrogens is 370 g/mol. The molecule has 0 fully saturated rings. The van der Waals surface area contributed by atoms with Crippen molar-refractivity contribution in [3.05, 3.63) is 58.9 Å². The van der Waals surface area contributed by atoms with Gasteiger partial charge in [0.2, 0.25) is 0 Å². The molecule has 0 atom stereocenters. The Morgan fingerprint density at radius 3 is 2.89 bits per heavy atom.